The Morgan fingerprint density at radius 2 is 0.808 bits per heavy atom. The average molecular weight is 744 g/mol. The molecule has 0 aromatic carbocycles. The molecular formula is C47H89NO3Si. The molecule has 52 heavy (non-hydrogen) atoms. The van der Waals surface area contributed by atoms with E-state index in [9.17, 15) is 4.79 Å². The van der Waals surface area contributed by atoms with Crippen LogP contribution in [0.3, 0.4) is 0 Å². The molecule has 0 saturated heterocycles. The molecule has 0 aliphatic heterocycles. The number of hydrogen-bond donors (Lipinski definition) is 0. The molecule has 0 aromatic heterocycles. The molecule has 0 N–H and O–H groups in total. The second-order valence-corrected chi connectivity index (χ2v) is 21.4. The highest BCUT2D eigenvalue weighted by atomic mass is 28.4. The number of carbonyl (C=O) groups is 1. The molecule has 0 atom stereocenters. The van der Waals surface area contributed by atoms with Crippen LogP contribution in [0.4, 0.5) is 4.79 Å². The van der Waals surface area contributed by atoms with Gasteiger partial charge in [0.05, 0.1) is 6.61 Å². The van der Waals surface area contributed by atoms with Gasteiger partial charge in [0.1, 0.15) is 0 Å². The summed E-state index contributed by atoms with van der Waals surface area (Å²) in [6.07, 6.45) is 50.9. The maximum absolute atomic E-state index is 13.0. The highest BCUT2D eigenvalue weighted by molar-refractivity contribution is 6.74. The molecule has 0 unspecified atom stereocenters. The van der Waals surface area contributed by atoms with Crippen LogP contribution in [-0.4, -0.2) is 45.6 Å². The van der Waals surface area contributed by atoms with E-state index in [0.29, 0.717) is 19.7 Å². The van der Waals surface area contributed by atoms with Crippen molar-refractivity contribution in [3.63, 3.8) is 0 Å². The lowest BCUT2D eigenvalue weighted by Gasteiger charge is -2.36. The fourth-order valence-corrected chi connectivity index (χ4v) is 6.91. The normalized spacial score (nSPS) is 12.8. The third-order valence-electron chi connectivity index (χ3n) is 10.5. The van der Waals surface area contributed by atoms with Gasteiger partial charge < -0.3 is 14.1 Å². The summed E-state index contributed by atoms with van der Waals surface area (Å²) in [5.41, 5.74) is 0. The molecule has 304 valence electrons. The van der Waals surface area contributed by atoms with Gasteiger partial charge in [0.15, 0.2) is 8.32 Å². The first-order valence-corrected chi connectivity index (χ1v) is 25.2. The van der Waals surface area contributed by atoms with Crippen LogP contribution in [0.5, 0.6) is 0 Å². The van der Waals surface area contributed by atoms with Gasteiger partial charge in [0.2, 0.25) is 0 Å². The molecule has 0 rings (SSSR count). The number of ether oxygens (including phenoxy) is 1. The number of rotatable bonds is 36. The van der Waals surface area contributed by atoms with Gasteiger partial charge in [-0.1, -0.05) is 160 Å². The third-order valence-corrected chi connectivity index (χ3v) is 15.1. The smallest absolute Gasteiger partial charge is 0.410 e. The molecule has 0 bridgehead atoms. The zero-order valence-electron chi connectivity index (χ0n) is 36.0. The highest BCUT2D eigenvalue weighted by Gasteiger charge is 2.36. The first-order chi connectivity index (χ1) is 25.2. The minimum Gasteiger partial charge on any atom is -0.449 e. The zero-order chi connectivity index (χ0) is 38.4. The van der Waals surface area contributed by atoms with E-state index in [0.717, 1.165) is 32.3 Å². The Morgan fingerprint density at radius 3 is 1.19 bits per heavy atom. The predicted molar refractivity (Wildman–Crippen MR) is 234 cm³/mol. The summed E-state index contributed by atoms with van der Waals surface area (Å²) in [7, 11) is -1.73. The Morgan fingerprint density at radius 1 is 0.481 bits per heavy atom. The second kappa shape index (κ2) is 36.4. The largest absolute Gasteiger partial charge is 0.449 e. The summed E-state index contributed by atoms with van der Waals surface area (Å²) in [6.45, 7) is 18.3. The molecule has 0 radical (unpaired) electrons. The van der Waals surface area contributed by atoms with Crippen molar-refractivity contribution in [1.29, 1.82) is 0 Å². The molecule has 0 fully saturated rings. The highest BCUT2D eigenvalue weighted by Crippen LogP contribution is 2.36. The zero-order valence-corrected chi connectivity index (χ0v) is 37.0. The summed E-state index contributed by atoms with van der Waals surface area (Å²) in [5.74, 6) is 0. The van der Waals surface area contributed by atoms with Crippen LogP contribution in [0.25, 0.3) is 0 Å². The molecule has 1 amide bonds. The van der Waals surface area contributed by atoms with E-state index in [4.69, 9.17) is 9.16 Å². The van der Waals surface area contributed by atoms with E-state index < -0.39 is 8.32 Å². The van der Waals surface area contributed by atoms with Crippen molar-refractivity contribution in [3.05, 3.63) is 48.6 Å². The predicted octanol–water partition coefficient (Wildman–Crippen LogP) is 15.9. The van der Waals surface area contributed by atoms with Gasteiger partial charge in [-0.05, 0) is 108 Å². The van der Waals surface area contributed by atoms with E-state index in [1.54, 1.807) is 0 Å². The number of unbranched alkanes of at least 4 members (excludes halogenated alkanes) is 21. The molecule has 0 spiro atoms. The van der Waals surface area contributed by atoms with Gasteiger partial charge in [0.25, 0.3) is 0 Å². The van der Waals surface area contributed by atoms with Crippen molar-refractivity contribution in [3.8, 4) is 0 Å². The second-order valence-electron chi connectivity index (χ2n) is 16.6. The third kappa shape index (κ3) is 33.0. The van der Waals surface area contributed by atoms with E-state index in [1.165, 1.54) is 141 Å². The minimum absolute atomic E-state index is 0.208. The minimum atomic E-state index is -1.73. The first-order valence-electron chi connectivity index (χ1n) is 22.3. The molecule has 4 nitrogen and oxygen atoms in total. The lowest BCUT2D eigenvalue weighted by Crippen LogP contribution is -2.41. The maximum atomic E-state index is 13.0. The summed E-state index contributed by atoms with van der Waals surface area (Å²) >= 11 is 0. The molecule has 0 aromatic rings. The standard InChI is InChI=1S/C47H89NO3Si/c1-8-10-12-14-16-18-20-22-24-26-28-30-32-34-36-38-42-48(46(49)50-44-40-41-45-51-52(6,7)47(3,4)5)43-39-37-35-33-31-29-27-25-23-21-19-17-15-13-11-9-2/h22-25,36-39H,8-21,26-35,40-45H2,1-7H3/b24-22-,25-23-,38-36+,39-37+. The Bertz CT molecular complexity index is 853. The molecular weight excluding hydrogens is 655 g/mol. The molecule has 0 aliphatic rings. The van der Waals surface area contributed by atoms with Gasteiger partial charge in [0, 0.05) is 19.7 Å². The van der Waals surface area contributed by atoms with Crippen molar-refractivity contribution in [2.75, 3.05) is 26.3 Å². The van der Waals surface area contributed by atoms with Crippen LogP contribution in [0.2, 0.25) is 18.1 Å². The SMILES string of the molecule is CCCCCCCC/C=C\CCCCC/C=C/CN(C/C=C/CCCCC/C=C\CCCCCCCC)C(=O)OCCCCO[Si](C)(C)C(C)(C)C. The van der Waals surface area contributed by atoms with E-state index in [-0.39, 0.29) is 11.1 Å². The van der Waals surface area contributed by atoms with Gasteiger partial charge in [-0.3, -0.25) is 0 Å². The fourth-order valence-electron chi connectivity index (χ4n) is 5.82. The van der Waals surface area contributed by atoms with Crippen LogP contribution >= 0.6 is 0 Å². The topological polar surface area (TPSA) is 38.8 Å². The lowest BCUT2D eigenvalue weighted by atomic mass is 10.1. The van der Waals surface area contributed by atoms with Crippen molar-refractivity contribution < 1.29 is 14.0 Å². The van der Waals surface area contributed by atoms with Crippen LogP contribution in [0.15, 0.2) is 48.6 Å². The molecule has 0 saturated carbocycles. The maximum Gasteiger partial charge on any atom is 0.410 e. The lowest BCUT2D eigenvalue weighted by molar-refractivity contribution is 0.106. The number of amides is 1. The fraction of sp³-hybridized carbons (Fsp3) is 0.809. The van der Waals surface area contributed by atoms with Crippen molar-refractivity contribution in [2.45, 2.75) is 220 Å². The summed E-state index contributed by atoms with van der Waals surface area (Å²) in [4.78, 5) is 14.9. The quantitative estimate of drug-likeness (QED) is 0.0364. The average Bonchev–Trinajstić information content (AvgIpc) is 3.11. The monoisotopic (exact) mass is 744 g/mol. The van der Waals surface area contributed by atoms with Gasteiger partial charge in [-0.2, -0.15) is 0 Å². The van der Waals surface area contributed by atoms with E-state index in [2.05, 4.69) is 96.3 Å². The summed E-state index contributed by atoms with van der Waals surface area (Å²) in [5, 5.41) is 0.217. The Labute approximate surface area is 326 Å². The van der Waals surface area contributed by atoms with Crippen molar-refractivity contribution in [2.24, 2.45) is 0 Å². The van der Waals surface area contributed by atoms with Gasteiger partial charge in [-0.25, -0.2) is 4.79 Å². The van der Waals surface area contributed by atoms with Crippen LogP contribution in [0.1, 0.15) is 202 Å². The molecule has 5 heteroatoms. The molecule has 0 heterocycles. The Kier molecular flexibility index (Phi) is 35.3. The van der Waals surface area contributed by atoms with Gasteiger partial charge >= 0.3 is 6.09 Å². The Balaban J connectivity index is 4.41. The number of allylic oxidation sites excluding steroid dienone is 6. The summed E-state index contributed by atoms with van der Waals surface area (Å²) < 4.78 is 12.0. The van der Waals surface area contributed by atoms with Gasteiger partial charge in [-0.15, -0.1) is 0 Å². The van der Waals surface area contributed by atoms with Crippen molar-refractivity contribution in [1.82, 2.24) is 4.90 Å². The number of hydrogen-bond acceptors (Lipinski definition) is 3. The van der Waals surface area contributed by atoms with E-state index in [1.807, 2.05) is 4.90 Å². The van der Waals surface area contributed by atoms with Crippen molar-refractivity contribution >= 4 is 14.4 Å². The summed E-state index contributed by atoms with van der Waals surface area (Å²) in [6, 6.07) is 0. The van der Waals surface area contributed by atoms with Crippen LogP contribution in [0, 0.1) is 0 Å². The van der Waals surface area contributed by atoms with E-state index >= 15 is 0 Å². The Hall–Kier alpha value is -1.59. The number of carbonyl (C=O) groups excluding carboxylic acids is 1. The number of nitrogens with zero attached hydrogens (tertiary/aromatic N) is 1. The first kappa shape index (κ1) is 50.4. The molecule has 0 aliphatic carbocycles. The van der Waals surface area contributed by atoms with Crippen LogP contribution in [-0.2, 0) is 9.16 Å². The van der Waals surface area contributed by atoms with Crippen LogP contribution < -0.4 is 0 Å².